The van der Waals surface area contributed by atoms with Gasteiger partial charge >= 0.3 is 0 Å². The van der Waals surface area contributed by atoms with E-state index in [-0.39, 0.29) is 6.04 Å². The largest absolute Gasteiger partial charge is 0.326 e. The number of aromatic nitrogens is 1. The zero-order valence-corrected chi connectivity index (χ0v) is 13.6. The number of benzene rings is 1. The summed E-state index contributed by atoms with van der Waals surface area (Å²) in [6, 6.07) is 9.75. The lowest BCUT2D eigenvalue weighted by Gasteiger charge is -2.40. The summed E-state index contributed by atoms with van der Waals surface area (Å²) in [6.45, 7) is 1.17. The maximum Gasteiger partial charge on any atom is 0.0761 e. The summed E-state index contributed by atoms with van der Waals surface area (Å²) in [4.78, 5) is 7.28. The fourth-order valence-corrected chi connectivity index (χ4v) is 4.13. The fraction of sp³-hybridized carbons (Fsp3) is 0.471. The third-order valence-corrected chi connectivity index (χ3v) is 5.49. The molecule has 2 atom stereocenters. The molecule has 1 aliphatic heterocycles. The second kappa shape index (κ2) is 5.34. The lowest BCUT2D eigenvalue weighted by atomic mass is 9.89. The van der Waals surface area contributed by atoms with Crippen molar-refractivity contribution in [3.05, 3.63) is 40.5 Å². The lowest BCUT2D eigenvalue weighted by molar-refractivity contribution is 0.120. The van der Waals surface area contributed by atoms with Gasteiger partial charge in [-0.25, -0.2) is 0 Å². The van der Waals surface area contributed by atoms with E-state index in [9.17, 15) is 0 Å². The van der Waals surface area contributed by atoms with Gasteiger partial charge < -0.3 is 5.73 Å². The van der Waals surface area contributed by atoms with Crippen molar-refractivity contribution in [1.29, 1.82) is 0 Å². The number of piperidine rings is 1. The van der Waals surface area contributed by atoms with Crippen molar-refractivity contribution in [2.45, 2.75) is 43.8 Å². The van der Waals surface area contributed by atoms with Gasteiger partial charge in [0.2, 0.25) is 0 Å². The van der Waals surface area contributed by atoms with Crippen molar-refractivity contribution >= 4 is 26.8 Å². The smallest absolute Gasteiger partial charge is 0.0761 e. The highest BCUT2D eigenvalue weighted by Crippen LogP contribution is 2.41. The summed E-state index contributed by atoms with van der Waals surface area (Å²) in [5.74, 6) is 0. The van der Waals surface area contributed by atoms with Crippen molar-refractivity contribution < 1.29 is 0 Å². The molecule has 2 aliphatic rings. The van der Waals surface area contributed by atoms with Gasteiger partial charge in [-0.1, -0.05) is 28.1 Å². The van der Waals surface area contributed by atoms with Crippen molar-refractivity contribution in [2.24, 2.45) is 5.73 Å². The van der Waals surface area contributed by atoms with E-state index in [1.807, 2.05) is 12.3 Å². The van der Waals surface area contributed by atoms with Gasteiger partial charge in [-0.05, 0) is 49.9 Å². The maximum atomic E-state index is 6.51. The molecule has 4 rings (SSSR count). The molecular weight excluding hydrogens is 326 g/mol. The van der Waals surface area contributed by atoms with Gasteiger partial charge in [0.15, 0.2) is 0 Å². The molecule has 4 heteroatoms. The molecule has 21 heavy (non-hydrogen) atoms. The number of likely N-dealkylation sites (tertiary alicyclic amines) is 1. The topological polar surface area (TPSA) is 42.1 Å². The molecule has 0 radical (unpaired) electrons. The highest BCUT2D eigenvalue weighted by atomic mass is 79.9. The Morgan fingerprint density at radius 1 is 1.19 bits per heavy atom. The second-order valence-corrected chi connectivity index (χ2v) is 7.11. The number of nitrogens with zero attached hydrogens (tertiary/aromatic N) is 2. The summed E-state index contributed by atoms with van der Waals surface area (Å²) in [6.07, 6.45) is 6.86. The van der Waals surface area contributed by atoms with Crippen LogP contribution in [0.2, 0.25) is 0 Å². The van der Waals surface area contributed by atoms with E-state index in [0.29, 0.717) is 6.04 Å². The first-order valence-electron chi connectivity index (χ1n) is 7.80. The van der Waals surface area contributed by atoms with E-state index in [4.69, 9.17) is 5.73 Å². The van der Waals surface area contributed by atoms with E-state index in [1.165, 1.54) is 36.8 Å². The van der Waals surface area contributed by atoms with E-state index >= 15 is 0 Å². The number of hydrogen-bond acceptors (Lipinski definition) is 3. The molecule has 0 spiro atoms. The molecule has 2 fully saturated rings. The molecule has 2 heterocycles. The standard InChI is InChI=1S/C17H20BrN3/c18-14-8-7-13(16-12(14)3-1-9-20-16)17-15(19)4-2-10-21(17)11-5-6-11/h1,3,7-9,11,15,17H,2,4-6,10,19H2. The number of halogens is 1. The van der Waals surface area contributed by atoms with Crippen LogP contribution in [0.1, 0.15) is 37.3 Å². The summed E-state index contributed by atoms with van der Waals surface area (Å²) in [5.41, 5.74) is 8.91. The average Bonchev–Trinajstić information content (AvgIpc) is 3.33. The molecule has 2 N–H and O–H groups in total. The van der Waals surface area contributed by atoms with Crippen LogP contribution >= 0.6 is 15.9 Å². The molecule has 1 aliphatic carbocycles. The minimum Gasteiger partial charge on any atom is -0.326 e. The van der Waals surface area contributed by atoms with Crippen LogP contribution in [0.15, 0.2) is 34.9 Å². The molecule has 1 saturated heterocycles. The Hall–Kier alpha value is -0.970. The summed E-state index contributed by atoms with van der Waals surface area (Å²) in [7, 11) is 0. The Labute approximate surface area is 133 Å². The fourth-order valence-electron chi connectivity index (χ4n) is 3.68. The predicted octanol–water partition coefficient (Wildman–Crippen LogP) is 3.62. The van der Waals surface area contributed by atoms with Gasteiger partial charge in [-0.2, -0.15) is 0 Å². The van der Waals surface area contributed by atoms with Gasteiger partial charge in [-0.15, -0.1) is 0 Å². The number of rotatable bonds is 2. The van der Waals surface area contributed by atoms with Crippen LogP contribution < -0.4 is 5.73 Å². The molecule has 2 aromatic rings. The minimum absolute atomic E-state index is 0.214. The van der Waals surface area contributed by atoms with Gasteiger partial charge in [0.05, 0.1) is 11.6 Å². The first-order valence-corrected chi connectivity index (χ1v) is 8.59. The second-order valence-electron chi connectivity index (χ2n) is 6.26. The molecular formula is C17H20BrN3. The maximum absolute atomic E-state index is 6.51. The van der Waals surface area contributed by atoms with Crippen LogP contribution in [0, 0.1) is 0 Å². The SMILES string of the molecule is NC1CCCN(C2CC2)C1c1ccc(Br)c2cccnc12. The molecule has 0 amide bonds. The van der Waals surface area contributed by atoms with Gasteiger partial charge in [0.25, 0.3) is 0 Å². The summed E-state index contributed by atoms with van der Waals surface area (Å²) < 4.78 is 1.11. The quantitative estimate of drug-likeness (QED) is 0.903. The molecule has 1 aromatic carbocycles. The van der Waals surface area contributed by atoms with Gasteiger partial charge in [0, 0.05) is 28.1 Å². The monoisotopic (exact) mass is 345 g/mol. The van der Waals surface area contributed by atoms with Crippen molar-refractivity contribution in [2.75, 3.05) is 6.54 Å². The first-order chi connectivity index (χ1) is 10.3. The highest BCUT2D eigenvalue weighted by Gasteiger charge is 2.40. The average molecular weight is 346 g/mol. The van der Waals surface area contributed by atoms with Crippen LogP contribution in [0.4, 0.5) is 0 Å². The zero-order chi connectivity index (χ0) is 14.4. The van der Waals surface area contributed by atoms with Crippen molar-refractivity contribution in [3.63, 3.8) is 0 Å². The molecule has 3 nitrogen and oxygen atoms in total. The molecule has 110 valence electrons. The molecule has 0 bridgehead atoms. The highest BCUT2D eigenvalue weighted by molar-refractivity contribution is 9.10. The van der Waals surface area contributed by atoms with Crippen molar-refractivity contribution in [3.8, 4) is 0 Å². The summed E-state index contributed by atoms with van der Waals surface area (Å²) in [5, 5.41) is 1.18. The van der Waals surface area contributed by atoms with Crippen LogP contribution in [-0.4, -0.2) is 28.5 Å². The number of fused-ring (bicyclic) bond motifs is 1. The minimum atomic E-state index is 0.214. The third-order valence-electron chi connectivity index (χ3n) is 4.80. The number of hydrogen-bond donors (Lipinski definition) is 1. The third kappa shape index (κ3) is 2.39. The van der Waals surface area contributed by atoms with Crippen LogP contribution in [-0.2, 0) is 0 Å². The first kappa shape index (κ1) is 13.7. The molecule has 1 saturated carbocycles. The predicted molar refractivity (Wildman–Crippen MR) is 89.1 cm³/mol. The Balaban J connectivity index is 1.85. The Kier molecular flexibility index (Phi) is 3.48. The molecule has 2 unspecified atom stereocenters. The normalized spacial score (nSPS) is 27.1. The summed E-state index contributed by atoms with van der Waals surface area (Å²) >= 11 is 3.64. The Morgan fingerprint density at radius 2 is 2.05 bits per heavy atom. The number of pyridine rings is 1. The van der Waals surface area contributed by atoms with E-state index in [2.05, 4.69) is 44.0 Å². The Bertz CT molecular complexity index is 668. The zero-order valence-electron chi connectivity index (χ0n) is 12.0. The van der Waals surface area contributed by atoms with E-state index in [0.717, 1.165) is 22.5 Å². The van der Waals surface area contributed by atoms with Crippen LogP contribution in [0.3, 0.4) is 0 Å². The van der Waals surface area contributed by atoms with Gasteiger partial charge in [0.1, 0.15) is 0 Å². The molecule has 1 aromatic heterocycles. The number of nitrogens with two attached hydrogens (primary N) is 1. The van der Waals surface area contributed by atoms with E-state index in [1.54, 1.807) is 0 Å². The van der Waals surface area contributed by atoms with Crippen molar-refractivity contribution in [1.82, 2.24) is 9.88 Å². The van der Waals surface area contributed by atoms with Gasteiger partial charge in [-0.3, -0.25) is 9.88 Å². The van der Waals surface area contributed by atoms with E-state index < -0.39 is 0 Å². The Morgan fingerprint density at radius 3 is 2.86 bits per heavy atom. The van der Waals surface area contributed by atoms with Crippen LogP contribution in [0.25, 0.3) is 10.9 Å². The van der Waals surface area contributed by atoms with Crippen LogP contribution in [0.5, 0.6) is 0 Å². The lowest BCUT2D eigenvalue weighted by Crippen LogP contribution is -2.46.